The van der Waals surface area contributed by atoms with E-state index in [1.54, 1.807) is 12.1 Å². The Hall–Kier alpha value is -1.59. The number of hydrogen-bond acceptors (Lipinski definition) is 2. The van der Waals surface area contributed by atoms with Crippen LogP contribution in [0.3, 0.4) is 0 Å². The number of hydrogen-bond donors (Lipinski definition) is 2. The molecule has 0 radical (unpaired) electrons. The molecule has 2 aromatic carbocycles. The highest BCUT2D eigenvalue weighted by molar-refractivity contribution is 7.98. The Kier molecular flexibility index (Phi) is 6.50. The Labute approximate surface area is 134 Å². The third-order valence-corrected chi connectivity index (χ3v) is 4.00. The lowest BCUT2D eigenvalue weighted by molar-refractivity contribution is 0.628. The van der Waals surface area contributed by atoms with E-state index in [0.29, 0.717) is 10.8 Å². The van der Waals surface area contributed by atoms with Gasteiger partial charge in [0.05, 0.1) is 0 Å². The molecule has 0 amide bonds. The maximum absolute atomic E-state index is 13.0. The normalized spacial score (nSPS) is 10.1. The van der Waals surface area contributed by atoms with Crippen LogP contribution in [-0.2, 0) is 5.75 Å². The predicted octanol–water partition coefficient (Wildman–Crippen LogP) is 4.05. The number of rotatable bonds is 6. The van der Waals surface area contributed by atoms with Crippen LogP contribution in [-0.4, -0.2) is 17.4 Å². The molecule has 2 aromatic rings. The van der Waals surface area contributed by atoms with E-state index in [9.17, 15) is 4.39 Å². The molecule has 0 saturated carbocycles. The van der Waals surface area contributed by atoms with Crippen LogP contribution in [0.1, 0.15) is 5.56 Å². The van der Waals surface area contributed by atoms with Crippen molar-refractivity contribution in [3.05, 3.63) is 66.0 Å². The molecular weight excluding hydrogens is 303 g/mol. The molecule has 0 aliphatic rings. The zero-order valence-corrected chi connectivity index (χ0v) is 13.1. The van der Waals surface area contributed by atoms with E-state index in [0.717, 1.165) is 18.1 Å². The van der Waals surface area contributed by atoms with Crippen molar-refractivity contribution in [2.75, 3.05) is 17.6 Å². The van der Waals surface area contributed by atoms with E-state index >= 15 is 0 Å². The first kappa shape index (κ1) is 15.8. The van der Waals surface area contributed by atoms with Gasteiger partial charge >= 0.3 is 0 Å². The van der Waals surface area contributed by atoms with Gasteiger partial charge in [0.1, 0.15) is 5.82 Å². The average Bonchev–Trinajstić information content (AvgIpc) is 2.48. The van der Waals surface area contributed by atoms with Crippen molar-refractivity contribution in [3.8, 4) is 0 Å². The minimum absolute atomic E-state index is 0.277. The summed E-state index contributed by atoms with van der Waals surface area (Å²) in [4.78, 5) is 0. The van der Waals surface area contributed by atoms with Gasteiger partial charge in [-0.2, -0.15) is 11.8 Å². The van der Waals surface area contributed by atoms with Gasteiger partial charge in [0, 0.05) is 23.7 Å². The van der Waals surface area contributed by atoms with Crippen LogP contribution in [0.5, 0.6) is 0 Å². The zero-order chi connectivity index (χ0) is 14.9. The van der Waals surface area contributed by atoms with Crippen LogP contribution in [0.15, 0.2) is 54.6 Å². The van der Waals surface area contributed by atoms with Gasteiger partial charge in [0.15, 0.2) is 5.11 Å². The molecule has 5 heteroatoms. The minimum atomic E-state index is -0.277. The Balaban J connectivity index is 1.61. The first-order valence-electron chi connectivity index (χ1n) is 6.66. The van der Waals surface area contributed by atoms with Crippen LogP contribution in [0.25, 0.3) is 0 Å². The molecule has 0 bridgehead atoms. The van der Waals surface area contributed by atoms with Gasteiger partial charge < -0.3 is 10.6 Å². The molecule has 21 heavy (non-hydrogen) atoms. The van der Waals surface area contributed by atoms with E-state index in [4.69, 9.17) is 12.2 Å². The summed E-state index contributed by atoms with van der Waals surface area (Å²) < 4.78 is 13.0. The zero-order valence-electron chi connectivity index (χ0n) is 11.5. The molecule has 2 rings (SSSR count). The highest BCUT2D eigenvalue weighted by Crippen LogP contribution is 2.11. The van der Waals surface area contributed by atoms with Crippen molar-refractivity contribution < 1.29 is 4.39 Å². The third-order valence-electron chi connectivity index (χ3n) is 2.73. The standard InChI is InChI=1S/C16H17FN2S2/c17-14-7-4-8-15(11-14)19-16(20)18-9-10-21-12-13-5-2-1-3-6-13/h1-8,11H,9-10,12H2,(H2,18,19,20). The monoisotopic (exact) mass is 320 g/mol. The SMILES string of the molecule is Fc1cccc(NC(=S)NCCSCc2ccccc2)c1. The van der Waals surface area contributed by atoms with Crippen LogP contribution < -0.4 is 10.6 Å². The van der Waals surface area contributed by atoms with Gasteiger partial charge in [0.2, 0.25) is 0 Å². The topological polar surface area (TPSA) is 24.1 Å². The molecule has 110 valence electrons. The van der Waals surface area contributed by atoms with E-state index in [1.807, 2.05) is 30.0 Å². The van der Waals surface area contributed by atoms with Gasteiger partial charge in [0.25, 0.3) is 0 Å². The lowest BCUT2D eigenvalue weighted by Crippen LogP contribution is -2.30. The lowest BCUT2D eigenvalue weighted by Gasteiger charge is -2.10. The second-order valence-electron chi connectivity index (χ2n) is 4.43. The molecule has 2 nitrogen and oxygen atoms in total. The second-order valence-corrected chi connectivity index (χ2v) is 5.94. The van der Waals surface area contributed by atoms with Crippen LogP contribution >= 0.6 is 24.0 Å². The summed E-state index contributed by atoms with van der Waals surface area (Å²) in [5, 5.41) is 6.59. The molecule has 0 saturated heterocycles. The van der Waals surface area contributed by atoms with Crippen LogP contribution in [0.2, 0.25) is 0 Å². The summed E-state index contributed by atoms with van der Waals surface area (Å²) in [6.45, 7) is 0.776. The Morgan fingerprint density at radius 3 is 2.67 bits per heavy atom. The molecule has 0 unspecified atom stereocenters. The van der Waals surface area contributed by atoms with Crippen LogP contribution in [0, 0.1) is 5.82 Å². The highest BCUT2D eigenvalue weighted by atomic mass is 32.2. The molecule has 0 fully saturated rings. The summed E-state index contributed by atoms with van der Waals surface area (Å²) in [5.74, 6) is 1.67. The Bertz CT molecular complexity index is 575. The van der Waals surface area contributed by atoms with Gasteiger partial charge in [-0.3, -0.25) is 0 Å². The quantitative estimate of drug-likeness (QED) is 0.619. The minimum Gasteiger partial charge on any atom is -0.362 e. The fourth-order valence-corrected chi connectivity index (χ4v) is 2.78. The number of anilines is 1. The van der Waals surface area contributed by atoms with Crippen molar-refractivity contribution in [1.29, 1.82) is 0 Å². The van der Waals surface area contributed by atoms with Gasteiger partial charge in [-0.25, -0.2) is 4.39 Å². The van der Waals surface area contributed by atoms with Crippen LogP contribution in [0.4, 0.5) is 10.1 Å². The van der Waals surface area contributed by atoms with Gasteiger partial charge in [-0.1, -0.05) is 36.4 Å². The first-order valence-corrected chi connectivity index (χ1v) is 8.22. The second kappa shape index (κ2) is 8.64. The average molecular weight is 320 g/mol. The third kappa shape index (κ3) is 6.14. The van der Waals surface area contributed by atoms with E-state index in [2.05, 4.69) is 22.8 Å². The maximum atomic E-state index is 13.0. The summed E-state index contributed by atoms with van der Waals surface area (Å²) in [6.07, 6.45) is 0. The number of halogens is 1. The summed E-state index contributed by atoms with van der Waals surface area (Å²) in [5.41, 5.74) is 1.98. The smallest absolute Gasteiger partial charge is 0.170 e. The number of nitrogens with one attached hydrogen (secondary N) is 2. The molecular formula is C16H17FN2S2. The number of benzene rings is 2. The van der Waals surface area contributed by atoms with Crippen molar-refractivity contribution in [2.45, 2.75) is 5.75 Å². The van der Waals surface area contributed by atoms with Crippen molar-refractivity contribution in [1.82, 2.24) is 5.32 Å². The fraction of sp³-hybridized carbons (Fsp3) is 0.188. The molecule has 0 atom stereocenters. The summed E-state index contributed by atoms with van der Waals surface area (Å²) in [7, 11) is 0. The predicted molar refractivity (Wildman–Crippen MR) is 93.2 cm³/mol. The van der Waals surface area contributed by atoms with E-state index in [-0.39, 0.29) is 5.82 Å². The first-order chi connectivity index (χ1) is 10.2. The molecule has 0 aliphatic carbocycles. The van der Waals surface area contributed by atoms with Crippen molar-refractivity contribution >= 4 is 34.8 Å². The maximum Gasteiger partial charge on any atom is 0.170 e. The summed E-state index contributed by atoms with van der Waals surface area (Å²) in [6, 6.07) is 16.6. The van der Waals surface area contributed by atoms with Crippen molar-refractivity contribution in [3.63, 3.8) is 0 Å². The highest BCUT2D eigenvalue weighted by Gasteiger charge is 1.99. The van der Waals surface area contributed by atoms with Crippen molar-refractivity contribution in [2.24, 2.45) is 0 Å². The Morgan fingerprint density at radius 2 is 1.90 bits per heavy atom. The van der Waals surface area contributed by atoms with Gasteiger partial charge in [-0.15, -0.1) is 0 Å². The molecule has 0 heterocycles. The fourth-order valence-electron chi connectivity index (χ4n) is 1.74. The van der Waals surface area contributed by atoms with E-state index in [1.165, 1.54) is 17.7 Å². The lowest BCUT2D eigenvalue weighted by atomic mass is 10.2. The molecule has 0 aliphatic heterocycles. The molecule has 0 aromatic heterocycles. The largest absolute Gasteiger partial charge is 0.362 e. The molecule has 2 N–H and O–H groups in total. The Morgan fingerprint density at radius 1 is 1.10 bits per heavy atom. The number of thiocarbonyl (C=S) groups is 1. The van der Waals surface area contributed by atoms with Gasteiger partial charge in [-0.05, 0) is 36.0 Å². The summed E-state index contributed by atoms with van der Waals surface area (Å²) >= 11 is 7.02. The molecule has 0 spiro atoms. The number of thioether (sulfide) groups is 1. The van der Waals surface area contributed by atoms with E-state index < -0.39 is 0 Å².